The molecule has 1 heterocycles. The molecule has 0 fully saturated rings. The fraction of sp³-hybridized carbons (Fsp3) is 0.667. The summed E-state index contributed by atoms with van der Waals surface area (Å²) in [4.78, 5) is 0. The van der Waals surface area contributed by atoms with E-state index in [9.17, 15) is 0 Å². The summed E-state index contributed by atoms with van der Waals surface area (Å²) in [6, 6.07) is 4.93. The van der Waals surface area contributed by atoms with Gasteiger partial charge in [0.1, 0.15) is 0 Å². The van der Waals surface area contributed by atoms with Crippen LogP contribution in [0.1, 0.15) is 69.7 Å². The van der Waals surface area contributed by atoms with Gasteiger partial charge in [-0.05, 0) is 39.0 Å². The maximum atomic E-state index is 5.71. The SMILES string of the molecule is CC1C(C)(C)c2cc3c(cc2C1(C)C)[C@H](C)COC3. The Kier molecular flexibility index (Phi) is 2.67. The summed E-state index contributed by atoms with van der Waals surface area (Å²) in [5.41, 5.74) is 6.57. The van der Waals surface area contributed by atoms with E-state index in [-0.39, 0.29) is 10.8 Å². The van der Waals surface area contributed by atoms with Crippen molar-refractivity contribution in [3.63, 3.8) is 0 Å². The van der Waals surface area contributed by atoms with Gasteiger partial charge in [-0.1, -0.05) is 53.7 Å². The largest absolute Gasteiger partial charge is 0.376 e. The van der Waals surface area contributed by atoms with Gasteiger partial charge in [0, 0.05) is 5.92 Å². The molecule has 2 aliphatic rings. The number of fused-ring (bicyclic) bond motifs is 2. The molecule has 0 bridgehead atoms. The Bertz CT molecular complexity index is 525. The first-order chi connectivity index (χ1) is 8.76. The van der Waals surface area contributed by atoms with E-state index in [2.05, 4.69) is 53.7 Å². The first-order valence-corrected chi connectivity index (χ1v) is 7.51. The van der Waals surface area contributed by atoms with Crippen LogP contribution in [0, 0.1) is 5.92 Å². The lowest BCUT2D eigenvalue weighted by atomic mass is 9.71. The van der Waals surface area contributed by atoms with E-state index < -0.39 is 0 Å². The molecular formula is C18H26O. The molecule has 2 atom stereocenters. The number of rotatable bonds is 0. The second-order valence-electron chi connectivity index (χ2n) is 7.68. The topological polar surface area (TPSA) is 9.23 Å². The normalized spacial score (nSPS) is 30.8. The average molecular weight is 258 g/mol. The molecule has 0 saturated heterocycles. The minimum atomic E-state index is 0.258. The van der Waals surface area contributed by atoms with E-state index in [1.807, 2.05) is 0 Å². The standard InChI is InChI=1S/C18H26O/c1-11-9-19-10-13-7-15-16(8-14(11)13)18(5,6)12(2)17(15,3)4/h7-8,11-12H,9-10H2,1-6H3/t11-,12?/m1/s1. The van der Waals surface area contributed by atoms with E-state index in [0.29, 0.717) is 11.8 Å². The molecule has 1 aliphatic heterocycles. The number of ether oxygens (including phenoxy) is 1. The zero-order valence-corrected chi connectivity index (χ0v) is 13.1. The molecule has 19 heavy (non-hydrogen) atoms. The zero-order chi connectivity index (χ0) is 14.0. The number of hydrogen-bond acceptors (Lipinski definition) is 1. The lowest BCUT2D eigenvalue weighted by Gasteiger charge is -2.32. The Balaban J connectivity index is 2.25. The lowest BCUT2D eigenvalue weighted by molar-refractivity contribution is 0.0949. The Morgan fingerprint density at radius 2 is 1.58 bits per heavy atom. The van der Waals surface area contributed by atoms with E-state index in [1.165, 1.54) is 11.1 Å². The second kappa shape index (κ2) is 3.85. The van der Waals surface area contributed by atoms with Crippen molar-refractivity contribution in [3.8, 4) is 0 Å². The van der Waals surface area contributed by atoms with Gasteiger partial charge in [0.25, 0.3) is 0 Å². The van der Waals surface area contributed by atoms with Gasteiger partial charge in [0.15, 0.2) is 0 Å². The van der Waals surface area contributed by atoms with Crippen LogP contribution in [0.25, 0.3) is 0 Å². The molecule has 1 nitrogen and oxygen atoms in total. The second-order valence-corrected chi connectivity index (χ2v) is 7.68. The Hall–Kier alpha value is -0.820. The third-order valence-corrected chi connectivity index (χ3v) is 5.99. The highest BCUT2D eigenvalue weighted by atomic mass is 16.5. The Morgan fingerprint density at radius 3 is 2.21 bits per heavy atom. The van der Waals surface area contributed by atoms with Crippen LogP contribution < -0.4 is 0 Å². The predicted octanol–water partition coefficient (Wildman–Crippen LogP) is 4.53. The summed E-state index contributed by atoms with van der Waals surface area (Å²) in [6.07, 6.45) is 0. The summed E-state index contributed by atoms with van der Waals surface area (Å²) in [5.74, 6) is 1.19. The van der Waals surface area contributed by atoms with Crippen molar-refractivity contribution in [2.75, 3.05) is 6.61 Å². The van der Waals surface area contributed by atoms with E-state index in [0.717, 1.165) is 13.2 Å². The highest BCUT2D eigenvalue weighted by Gasteiger charge is 2.48. The van der Waals surface area contributed by atoms with Gasteiger partial charge in [-0.25, -0.2) is 0 Å². The van der Waals surface area contributed by atoms with Crippen LogP contribution >= 0.6 is 0 Å². The molecule has 1 aliphatic carbocycles. The van der Waals surface area contributed by atoms with Gasteiger partial charge in [-0.3, -0.25) is 0 Å². The maximum absolute atomic E-state index is 5.71. The Morgan fingerprint density at radius 1 is 1.00 bits per heavy atom. The molecule has 0 N–H and O–H groups in total. The molecule has 1 heteroatoms. The fourth-order valence-electron chi connectivity index (χ4n) is 4.12. The maximum Gasteiger partial charge on any atom is 0.0720 e. The summed E-state index contributed by atoms with van der Waals surface area (Å²) in [5, 5.41) is 0. The van der Waals surface area contributed by atoms with Gasteiger partial charge >= 0.3 is 0 Å². The summed E-state index contributed by atoms with van der Waals surface area (Å²) in [7, 11) is 0. The first-order valence-electron chi connectivity index (χ1n) is 7.51. The molecule has 0 spiro atoms. The summed E-state index contributed by atoms with van der Waals surface area (Å²) < 4.78 is 5.71. The minimum absolute atomic E-state index is 0.258. The highest BCUT2D eigenvalue weighted by Crippen LogP contribution is 2.54. The number of benzene rings is 1. The van der Waals surface area contributed by atoms with Crippen molar-refractivity contribution in [1.82, 2.24) is 0 Å². The third kappa shape index (κ3) is 1.64. The van der Waals surface area contributed by atoms with E-state index in [4.69, 9.17) is 4.74 Å². The number of hydrogen-bond donors (Lipinski definition) is 0. The summed E-state index contributed by atoms with van der Waals surface area (Å²) in [6.45, 7) is 15.9. The van der Waals surface area contributed by atoms with Crippen molar-refractivity contribution in [1.29, 1.82) is 0 Å². The molecule has 1 aromatic rings. The predicted molar refractivity (Wildman–Crippen MR) is 79.7 cm³/mol. The lowest BCUT2D eigenvalue weighted by Crippen LogP contribution is -2.30. The molecule has 1 aromatic carbocycles. The molecule has 0 aromatic heterocycles. The monoisotopic (exact) mass is 258 g/mol. The molecule has 0 radical (unpaired) electrons. The minimum Gasteiger partial charge on any atom is -0.376 e. The van der Waals surface area contributed by atoms with Crippen molar-refractivity contribution in [2.45, 2.75) is 64.9 Å². The van der Waals surface area contributed by atoms with Crippen LogP contribution in [-0.2, 0) is 22.2 Å². The smallest absolute Gasteiger partial charge is 0.0720 e. The van der Waals surface area contributed by atoms with Crippen LogP contribution in [-0.4, -0.2) is 6.61 Å². The first kappa shape index (κ1) is 13.2. The van der Waals surface area contributed by atoms with Crippen LogP contribution in [0.15, 0.2) is 12.1 Å². The van der Waals surface area contributed by atoms with Gasteiger partial charge in [0.2, 0.25) is 0 Å². The third-order valence-electron chi connectivity index (χ3n) is 5.99. The fourth-order valence-corrected chi connectivity index (χ4v) is 4.12. The highest BCUT2D eigenvalue weighted by molar-refractivity contribution is 5.51. The Labute approximate surface area is 117 Å². The van der Waals surface area contributed by atoms with Crippen molar-refractivity contribution in [2.24, 2.45) is 5.92 Å². The average Bonchev–Trinajstić information content (AvgIpc) is 2.48. The molecule has 1 unspecified atom stereocenters. The van der Waals surface area contributed by atoms with Gasteiger partial charge < -0.3 is 4.74 Å². The van der Waals surface area contributed by atoms with Crippen LogP contribution in [0.4, 0.5) is 0 Å². The van der Waals surface area contributed by atoms with Crippen LogP contribution in [0.3, 0.4) is 0 Å². The molecule has 0 saturated carbocycles. The van der Waals surface area contributed by atoms with Crippen LogP contribution in [0.2, 0.25) is 0 Å². The van der Waals surface area contributed by atoms with Crippen molar-refractivity contribution < 1.29 is 4.74 Å². The van der Waals surface area contributed by atoms with Crippen molar-refractivity contribution >= 4 is 0 Å². The van der Waals surface area contributed by atoms with Gasteiger partial charge in [0.05, 0.1) is 13.2 Å². The quantitative estimate of drug-likeness (QED) is 0.664. The molecule has 104 valence electrons. The van der Waals surface area contributed by atoms with Gasteiger partial charge in [-0.2, -0.15) is 0 Å². The zero-order valence-electron chi connectivity index (χ0n) is 13.1. The summed E-state index contributed by atoms with van der Waals surface area (Å²) >= 11 is 0. The molecule has 3 rings (SSSR count). The van der Waals surface area contributed by atoms with Crippen molar-refractivity contribution in [3.05, 3.63) is 34.4 Å². The van der Waals surface area contributed by atoms with E-state index >= 15 is 0 Å². The van der Waals surface area contributed by atoms with Gasteiger partial charge in [-0.15, -0.1) is 0 Å². The molecular weight excluding hydrogens is 232 g/mol. The van der Waals surface area contributed by atoms with E-state index in [1.54, 1.807) is 11.1 Å². The molecule has 0 amide bonds. The van der Waals surface area contributed by atoms with Crippen LogP contribution in [0.5, 0.6) is 0 Å².